The van der Waals surface area contributed by atoms with E-state index in [0.29, 0.717) is 29.2 Å². The van der Waals surface area contributed by atoms with E-state index in [2.05, 4.69) is 20.0 Å². The maximum Gasteiger partial charge on any atom is 0.146 e. The van der Waals surface area contributed by atoms with Gasteiger partial charge >= 0.3 is 0 Å². The molecule has 3 aromatic rings. The summed E-state index contributed by atoms with van der Waals surface area (Å²) in [7, 11) is 2.01. The summed E-state index contributed by atoms with van der Waals surface area (Å²) in [5.41, 5.74) is 9.15. The Morgan fingerprint density at radius 2 is 1.77 bits per heavy atom. The maximum atomic E-state index is 15.4. The summed E-state index contributed by atoms with van der Waals surface area (Å²) in [4.78, 5) is 4.30. The Hall–Kier alpha value is -2.99. The van der Waals surface area contributed by atoms with Crippen molar-refractivity contribution in [3.63, 3.8) is 0 Å². The van der Waals surface area contributed by atoms with Crippen molar-refractivity contribution < 1.29 is 4.39 Å². The highest BCUT2D eigenvalue weighted by atomic mass is 19.1. The van der Waals surface area contributed by atoms with E-state index in [9.17, 15) is 0 Å². The number of hydrogen-bond donors (Lipinski definition) is 1. The molecular formula is C20H20FN5. The van der Waals surface area contributed by atoms with E-state index in [1.165, 1.54) is 0 Å². The Labute approximate surface area is 151 Å². The van der Waals surface area contributed by atoms with Crippen LogP contribution in [-0.4, -0.2) is 35.2 Å². The van der Waals surface area contributed by atoms with Gasteiger partial charge in [0, 0.05) is 42.1 Å². The van der Waals surface area contributed by atoms with Crippen LogP contribution in [0.4, 0.5) is 21.6 Å². The highest BCUT2D eigenvalue weighted by Crippen LogP contribution is 2.36. The summed E-state index contributed by atoms with van der Waals surface area (Å²) in [5.74, 6) is 0.0650. The molecule has 0 unspecified atom stereocenters. The van der Waals surface area contributed by atoms with Gasteiger partial charge in [-0.3, -0.25) is 0 Å². The van der Waals surface area contributed by atoms with Gasteiger partial charge in [-0.2, -0.15) is 0 Å². The molecule has 1 aliphatic heterocycles. The molecule has 0 saturated heterocycles. The summed E-state index contributed by atoms with van der Waals surface area (Å²) < 4.78 is 15.4. The minimum atomic E-state index is -0.253. The zero-order chi connectivity index (χ0) is 18.1. The molecule has 2 N–H and O–H groups in total. The smallest absolute Gasteiger partial charge is 0.146 e. The van der Waals surface area contributed by atoms with Crippen molar-refractivity contribution in [1.29, 1.82) is 0 Å². The molecule has 132 valence electrons. The standard InChI is InChI=1S/C20H20FN5/c1-25-11-12-26(14-5-3-2-4-6-14)18-9-7-15(20(21)16(18)13-25)17-8-10-19(22)24-23-17/h2-10H,11-13H2,1H3,(H2,22,24). The lowest BCUT2D eigenvalue weighted by Crippen LogP contribution is -2.26. The molecule has 2 aromatic carbocycles. The first-order valence-corrected chi connectivity index (χ1v) is 8.55. The average Bonchev–Trinajstić information content (AvgIpc) is 2.83. The first-order valence-electron chi connectivity index (χ1n) is 8.55. The van der Waals surface area contributed by atoms with Crippen LogP contribution >= 0.6 is 0 Å². The molecule has 0 saturated carbocycles. The van der Waals surface area contributed by atoms with E-state index < -0.39 is 0 Å². The van der Waals surface area contributed by atoms with Crippen molar-refractivity contribution >= 4 is 17.2 Å². The number of nitrogens with zero attached hydrogens (tertiary/aromatic N) is 4. The number of benzene rings is 2. The lowest BCUT2D eigenvalue weighted by Gasteiger charge is -2.25. The fraction of sp³-hybridized carbons (Fsp3) is 0.200. The normalized spacial score (nSPS) is 14.8. The quantitative estimate of drug-likeness (QED) is 0.768. The minimum absolute atomic E-state index is 0.253. The molecule has 0 radical (unpaired) electrons. The number of para-hydroxylation sites is 1. The Morgan fingerprint density at radius 3 is 2.50 bits per heavy atom. The summed E-state index contributed by atoms with van der Waals surface area (Å²) in [6, 6.07) is 17.2. The third-order valence-corrected chi connectivity index (χ3v) is 4.67. The second-order valence-electron chi connectivity index (χ2n) is 6.49. The Morgan fingerprint density at radius 1 is 0.962 bits per heavy atom. The Balaban J connectivity index is 1.84. The molecule has 0 fully saturated rings. The van der Waals surface area contributed by atoms with Crippen molar-refractivity contribution in [2.45, 2.75) is 6.54 Å². The molecule has 0 amide bonds. The topological polar surface area (TPSA) is 58.3 Å². The predicted molar refractivity (Wildman–Crippen MR) is 102 cm³/mol. The number of rotatable bonds is 2. The van der Waals surface area contributed by atoms with Crippen molar-refractivity contribution in [1.82, 2.24) is 15.1 Å². The van der Waals surface area contributed by atoms with Crippen molar-refractivity contribution in [2.75, 3.05) is 30.8 Å². The molecule has 26 heavy (non-hydrogen) atoms. The fourth-order valence-electron chi connectivity index (χ4n) is 3.31. The maximum absolute atomic E-state index is 15.4. The van der Waals surface area contributed by atoms with Crippen molar-refractivity contribution in [3.8, 4) is 11.3 Å². The van der Waals surface area contributed by atoms with E-state index in [1.54, 1.807) is 18.2 Å². The SMILES string of the molecule is CN1CCN(c2ccccc2)c2ccc(-c3ccc(N)nn3)c(F)c2C1. The molecule has 0 aliphatic carbocycles. The zero-order valence-electron chi connectivity index (χ0n) is 14.6. The van der Waals surface area contributed by atoms with Gasteiger partial charge < -0.3 is 15.5 Å². The number of aromatic nitrogens is 2. The van der Waals surface area contributed by atoms with Gasteiger partial charge in [-0.05, 0) is 43.4 Å². The highest BCUT2D eigenvalue weighted by Gasteiger charge is 2.24. The van der Waals surface area contributed by atoms with Crippen LogP contribution in [0.5, 0.6) is 0 Å². The summed E-state index contributed by atoms with van der Waals surface area (Å²) in [5, 5.41) is 7.88. The van der Waals surface area contributed by atoms with Crippen LogP contribution in [-0.2, 0) is 6.54 Å². The fourth-order valence-corrected chi connectivity index (χ4v) is 3.31. The van der Waals surface area contributed by atoms with Crippen LogP contribution in [0.25, 0.3) is 11.3 Å². The lowest BCUT2D eigenvalue weighted by atomic mass is 10.0. The van der Waals surface area contributed by atoms with Crippen molar-refractivity contribution in [2.24, 2.45) is 0 Å². The van der Waals surface area contributed by atoms with Gasteiger partial charge in [-0.15, -0.1) is 10.2 Å². The third kappa shape index (κ3) is 2.99. The summed E-state index contributed by atoms with van der Waals surface area (Å²) >= 11 is 0. The number of nitrogens with two attached hydrogens (primary N) is 1. The van der Waals surface area contributed by atoms with E-state index in [4.69, 9.17) is 5.73 Å². The largest absolute Gasteiger partial charge is 0.382 e. The van der Waals surface area contributed by atoms with E-state index in [0.717, 1.165) is 24.5 Å². The molecule has 1 aromatic heterocycles. The van der Waals surface area contributed by atoms with Crippen LogP contribution < -0.4 is 10.6 Å². The highest BCUT2D eigenvalue weighted by molar-refractivity contribution is 5.73. The molecule has 1 aliphatic rings. The monoisotopic (exact) mass is 349 g/mol. The number of anilines is 3. The van der Waals surface area contributed by atoms with E-state index in [1.807, 2.05) is 43.4 Å². The Bertz CT molecular complexity index is 911. The van der Waals surface area contributed by atoms with Gasteiger partial charge in [0.15, 0.2) is 0 Å². The van der Waals surface area contributed by atoms with Crippen LogP contribution in [0.3, 0.4) is 0 Å². The number of halogens is 1. The molecule has 4 rings (SSSR count). The third-order valence-electron chi connectivity index (χ3n) is 4.67. The van der Waals surface area contributed by atoms with Crippen molar-refractivity contribution in [3.05, 3.63) is 66.0 Å². The number of fused-ring (bicyclic) bond motifs is 1. The van der Waals surface area contributed by atoms with Crippen LogP contribution in [0, 0.1) is 5.82 Å². The molecule has 2 heterocycles. The summed E-state index contributed by atoms with van der Waals surface area (Å²) in [6.45, 7) is 2.19. The molecule has 0 spiro atoms. The van der Waals surface area contributed by atoms with E-state index >= 15 is 4.39 Å². The van der Waals surface area contributed by atoms with Gasteiger partial charge in [0.1, 0.15) is 11.6 Å². The number of hydrogen-bond acceptors (Lipinski definition) is 5. The second kappa shape index (κ2) is 6.72. The van der Waals surface area contributed by atoms with Crippen LogP contribution in [0.2, 0.25) is 0 Å². The van der Waals surface area contributed by atoms with Crippen LogP contribution in [0.15, 0.2) is 54.6 Å². The van der Waals surface area contributed by atoms with Gasteiger partial charge in [-0.25, -0.2) is 4.39 Å². The van der Waals surface area contributed by atoms with E-state index in [-0.39, 0.29) is 5.82 Å². The van der Waals surface area contributed by atoms with Gasteiger partial charge in [0.25, 0.3) is 0 Å². The zero-order valence-corrected chi connectivity index (χ0v) is 14.6. The lowest BCUT2D eigenvalue weighted by molar-refractivity contribution is 0.338. The number of nitrogen functional groups attached to an aromatic ring is 1. The van der Waals surface area contributed by atoms with Gasteiger partial charge in [0.05, 0.1) is 5.69 Å². The first kappa shape index (κ1) is 16.5. The molecule has 0 bridgehead atoms. The minimum Gasteiger partial charge on any atom is -0.382 e. The van der Waals surface area contributed by atoms with Crippen LogP contribution in [0.1, 0.15) is 5.56 Å². The molecule has 0 atom stereocenters. The second-order valence-corrected chi connectivity index (χ2v) is 6.49. The summed E-state index contributed by atoms with van der Waals surface area (Å²) in [6.07, 6.45) is 0. The molecule has 6 heteroatoms. The van der Waals surface area contributed by atoms with Gasteiger partial charge in [0.2, 0.25) is 0 Å². The average molecular weight is 349 g/mol. The predicted octanol–water partition coefficient (Wildman–Crippen LogP) is 3.45. The Kier molecular flexibility index (Phi) is 4.26. The molecule has 5 nitrogen and oxygen atoms in total. The van der Waals surface area contributed by atoms with Gasteiger partial charge in [-0.1, -0.05) is 18.2 Å². The number of likely N-dealkylation sites (N-methyl/N-ethyl adjacent to an activating group) is 1. The first-order chi connectivity index (χ1) is 12.6. The molecular weight excluding hydrogens is 329 g/mol.